The molecule has 2 aromatic carbocycles. The molecular weight excluding hydrogens is 394 g/mol. The van der Waals surface area contributed by atoms with Crippen LogP contribution in [-0.4, -0.2) is 42.9 Å². The van der Waals surface area contributed by atoms with Crippen LogP contribution in [0, 0.1) is 11.6 Å². The van der Waals surface area contributed by atoms with E-state index in [-0.39, 0.29) is 23.5 Å². The zero-order valence-electron chi connectivity index (χ0n) is 16.9. The van der Waals surface area contributed by atoms with Crippen molar-refractivity contribution in [2.75, 3.05) is 25.5 Å². The fourth-order valence-electron chi connectivity index (χ4n) is 2.89. The molecule has 0 saturated carbocycles. The van der Waals surface area contributed by atoms with E-state index < -0.39 is 23.6 Å². The maximum absolute atomic E-state index is 14.0. The summed E-state index contributed by atoms with van der Waals surface area (Å²) in [5.74, 6) is -2.28. The Hall–Kier alpha value is -3.29. The molecule has 0 unspecified atom stereocenters. The highest BCUT2D eigenvalue weighted by atomic mass is 19.1. The highest BCUT2D eigenvalue weighted by Crippen LogP contribution is 2.16. The van der Waals surface area contributed by atoms with Gasteiger partial charge in [-0.2, -0.15) is 0 Å². The zero-order chi connectivity index (χ0) is 22.1. The molecule has 0 aliphatic heterocycles. The highest BCUT2D eigenvalue weighted by molar-refractivity contribution is 5.96. The van der Waals surface area contributed by atoms with Gasteiger partial charge in [0.2, 0.25) is 0 Å². The van der Waals surface area contributed by atoms with Crippen molar-refractivity contribution in [2.45, 2.75) is 26.2 Å². The summed E-state index contributed by atoms with van der Waals surface area (Å²) in [6, 6.07) is 8.72. The van der Waals surface area contributed by atoms with Crippen LogP contribution in [0.4, 0.5) is 19.3 Å². The molecule has 0 bridgehead atoms. The molecule has 0 atom stereocenters. The number of amides is 2. The second kappa shape index (κ2) is 11.0. The van der Waals surface area contributed by atoms with Crippen molar-refractivity contribution in [2.24, 2.45) is 0 Å². The summed E-state index contributed by atoms with van der Waals surface area (Å²) in [6.45, 7) is 2.66. The lowest BCUT2D eigenvalue weighted by Gasteiger charge is -2.22. The molecular formula is C22H24F2N2O4. The van der Waals surface area contributed by atoms with Crippen molar-refractivity contribution in [1.82, 2.24) is 4.90 Å². The minimum Gasteiger partial charge on any atom is -0.465 e. The van der Waals surface area contributed by atoms with Gasteiger partial charge >= 0.3 is 12.0 Å². The van der Waals surface area contributed by atoms with E-state index in [2.05, 4.69) is 10.1 Å². The average molecular weight is 418 g/mol. The fourth-order valence-corrected chi connectivity index (χ4v) is 2.89. The number of nitrogens with zero attached hydrogens (tertiary/aromatic N) is 1. The van der Waals surface area contributed by atoms with E-state index in [1.165, 1.54) is 35.2 Å². The average Bonchev–Trinajstić information content (AvgIpc) is 2.72. The van der Waals surface area contributed by atoms with E-state index in [0.717, 1.165) is 13.2 Å². The number of ether oxygens (including phenoxy) is 1. The largest absolute Gasteiger partial charge is 0.465 e. The Morgan fingerprint density at radius 3 is 2.47 bits per heavy atom. The van der Waals surface area contributed by atoms with Crippen LogP contribution in [0.25, 0.3) is 0 Å². The van der Waals surface area contributed by atoms with Gasteiger partial charge in [-0.1, -0.05) is 19.1 Å². The number of carbonyl (C=O) groups is 3. The highest BCUT2D eigenvalue weighted by Gasteiger charge is 2.17. The number of hydrogen-bond donors (Lipinski definition) is 1. The van der Waals surface area contributed by atoms with Crippen LogP contribution in [0.3, 0.4) is 0 Å². The van der Waals surface area contributed by atoms with E-state index in [0.29, 0.717) is 31.5 Å². The zero-order valence-corrected chi connectivity index (χ0v) is 16.9. The summed E-state index contributed by atoms with van der Waals surface area (Å²) in [6.07, 6.45) is 1.26. The number of hydrogen-bond acceptors (Lipinski definition) is 4. The van der Waals surface area contributed by atoms with Gasteiger partial charge in [-0.05, 0) is 43.2 Å². The Kier molecular flexibility index (Phi) is 8.46. The molecule has 0 radical (unpaired) electrons. The molecule has 160 valence electrons. The van der Waals surface area contributed by atoms with Crippen molar-refractivity contribution in [3.8, 4) is 0 Å². The summed E-state index contributed by atoms with van der Waals surface area (Å²) in [4.78, 5) is 37.7. The SMILES string of the molecule is CCCN(CCCC(=O)c1cccc(F)c1)C(=O)Nc1ccc(C(=O)OC)c(F)c1. The first-order chi connectivity index (χ1) is 14.3. The van der Waals surface area contributed by atoms with Crippen LogP contribution in [0.1, 0.15) is 46.9 Å². The Morgan fingerprint density at radius 1 is 1.07 bits per heavy atom. The Labute approximate surface area is 173 Å². The first kappa shape index (κ1) is 23.0. The molecule has 0 aliphatic carbocycles. The number of urea groups is 1. The predicted octanol–water partition coefficient (Wildman–Crippen LogP) is 4.66. The van der Waals surface area contributed by atoms with Crippen molar-refractivity contribution >= 4 is 23.5 Å². The number of methoxy groups -OCH3 is 1. The van der Waals surface area contributed by atoms with Gasteiger partial charge in [0.25, 0.3) is 0 Å². The number of anilines is 1. The minimum atomic E-state index is -0.805. The summed E-state index contributed by atoms with van der Waals surface area (Å²) < 4.78 is 31.8. The number of esters is 1. The minimum absolute atomic E-state index is 0.166. The van der Waals surface area contributed by atoms with Crippen molar-refractivity contribution in [3.05, 3.63) is 65.2 Å². The number of nitrogens with one attached hydrogen (secondary N) is 1. The first-order valence-electron chi connectivity index (χ1n) is 9.58. The topological polar surface area (TPSA) is 75.7 Å². The summed E-state index contributed by atoms with van der Waals surface area (Å²) >= 11 is 0. The van der Waals surface area contributed by atoms with E-state index in [9.17, 15) is 23.2 Å². The summed E-state index contributed by atoms with van der Waals surface area (Å²) in [5, 5.41) is 2.59. The van der Waals surface area contributed by atoms with Gasteiger partial charge in [0.15, 0.2) is 5.78 Å². The standard InChI is InChI=1S/C22H24F2N2O4/c1-3-11-26(12-5-8-20(27)15-6-4-7-16(23)13-15)22(29)25-17-9-10-18(19(24)14-17)21(28)30-2/h4,6-7,9-10,13-14H,3,5,8,11-12H2,1-2H3,(H,25,29). The lowest BCUT2D eigenvalue weighted by atomic mass is 10.1. The number of Topliss-reactive ketones (excluding diaryl/α,β-unsaturated/α-hetero) is 1. The van der Waals surface area contributed by atoms with E-state index in [1.54, 1.807) is 6.07 Å². The van der Waals surface area contributed by atoms with Crippen LogP contribution in [0.15, 0.2) is 42.5 Å². The first-order valence-corrected chi connectivity index (χ1v) is 9.58. The van der Waals surface area contributed by atoms with Crippen LogP contribution < -0.4 is 5.32 Å². The number of benzene rings is 2. The van der Waals surface area contributed by atoms with Gasteiger partial charge in [0, 0.05) is 30.8 Å². The third-order valence-corrected chi connectivity index (χ3v) is 4.38. The molecule has 2 amide bonds. The molecule has 0 spiro atoms. The van der Waals surface area contributed by atoms with E-state index in [4.69, 9.17) is 0 Å². The molecule has 0 heterocycles. The monoisotopic (exact) mass is 418 g/mol. The normalized spacial score (nSPS) is 10.4. The maximum atomic E-state index is 14.0. The summed E-state index contributed by atoms with van der Waals surface area (Å²) in [5.41, 5.74) is 0.265. The molecule has 2 rings (SSSR count). The van der Waals surface area contributed by atoms with Gasteiger partial charge in [0.1, 0.15) is 11.6 Å². The van der Waals surface area contributed by atoms with Gasteiger partial charge in [-0.3, -0.25) is 4.79 Å². The van der Waals surface area contributed by atoms with Crippen molar-refractivity contribution < 1.29 is 27.9 Å². The molecule has 0 aromatic heterocycles. The molecule has 0 saturated heterocycles. The number of rotatable bonds is 9. The van der Waals surface area contributed by atoms with Gasteiger partial charge in [0.05, 0.1) is 12.7 Å². The molecule has 0 aliphatic rings. The number of carbonyl (C=O) groups excluding carboxylic acids is 3. The molecule has 8 heteroatoms. The molecule has 2 aromatic rings. The van der Waals surface area contributed by atoms with Crippen LogP contribution in [0.5, 0.6) is 0 Å². The fraction of sp³-hybridized carbons (Fsp3) is 0.318. The van der Waals surface area contributed by atoms with E-state index >= 15 is 0 Å². The van der Waals surface area contributed by atoms with Crippen LogP contribution in [0.2, 0.25) is 0 Å². The summed E-state index contributed by atoms with van der Waals surface area (Å²) in [7, 11) is 1.15. The molecule has 0 fully saturated rings. The van der Waals surface area contributed by atoms with Crippen molar-refractivity contribution in [3.63, 3.8) is 0 Å². The van der Waals surface area contributed by atoms with E-state index in [1.807, 2.05) is 6.92 Å². The third-order valence-electron chi connectivity index (χ3n) is 4.38. The van der Waals surface area contributed by atoms with Gasteiger partial charge in [-0.15, -0.1) is 0 Å². The lowest BCUT2D eigenvalue weighted by Crippen LogP contribution is -2.36. The van der Waals surface area contributed by atoms with Crippen molar-refractivity contribution in [1.29, 1.82) is 0 Å². The number of halogens is 2. The quantitative estimate of drug-likeness (QED) is 0.475. The van der Waals surface area contributed by atoms with Gasteiger partial charge in [-0.25, -0.2) is 18.4 Å². The Balaban J connectivity index is 1.95. The second-order valence-electron chi connectivity index (χ2n) is 6.64. The van der Waals surface area contributed by atoms with Gasteiger partial charge < -0.3 is 15.0 Å². The lowest BCUT2D eigenvalue weighted by molar-refractivity contribution is 0.0595. The molecule has 1 N–H and O–H groups in total. The smallest absolute Gasteiger partial charge is 0.340 e. The number of ketones is 1. The Bertz CT molecular complexity index is 918. The maximum Gasteiger partial charge on any atom is 0.340 e. The molecule has 6 nitrogen and oxygen atoms in total. The predicted molar refractivity (Wildman–Crippen MR) is 109 cm³/mol. The second-order valence-corrected chi connectivity index (χ2v) is 6.64. The third kappa shape index (κ3) is 6.37. The van der Waals surface area contributed by atoms with Crippen LogP contribution in [-0.2, 0) is 4.74 Å². The molecule has 30 heavy (non-hydrogen) atoms. The van der Waals surface area contributed by atoms with Crippen LogP contribution >= 0.6 is 0 Å². The Morgan fingerprint density at radius 2 is 1.83 bits per heavy atom.